The van der Waals surface area contributed by atoms with Crippen LogP contribution in [0.15, 0.2) is 164 Å². The van der Waals surface area contributed by atoms with Gasteiger partial charge in [-0.2, -0.15) is 0 Å². The summed E-state index contributed by atoms with van der Waals surface area (Å²) in [6.07, 6.45) is 0. The molecule has 2 heterocycles. The zero-order chi connectivity index (χ0) is 34.8. The fourth-order valence-corrected chi connectivity index (χ4v) is 9.18. The van der Waals surface area contributed by atoms with Crippen LogP contribution in [0.2, 0.25) is 0 Å². The van der Waals surface area contributed by atoms with Gasteiger partial charge in [-0.25, -0.2) is 15.0 Å². The Hall–Kier alpha value is -6.23. The summed E-state index contributed by atoms with van der Waals surface area (Å²) in [6.45, 7) is 4.61. The van der Waals surface area contributed by atoms with E-state index >= 15 is 0 Å². The van der Waals surface area contributed by atoms with Crippen molar-refractivity contribution >= 4 is 31.5 Å². The molecule has 0 saturated heterocycles. The Labute approximate surface area is 307 Å². The second-order valence-electron chi connectivity index (χ2n) is 14.0. The summed E-state index contributed by atoms with van der Waals surface area (Å²) in [4.78, 5) is 15.4. The highest BCUT2D eigenvalue weighted by Gasteiger charge is 2.37. The van der Waals surface area contributed by atoms with Gasteiger partial charge in [-0.15, -0.1) is 11.3 Å². The Balaban J connectivity index is 1.07. The van der Waals surface area contributed by atoms with Crippen LogP contribution in [0, 0.1) is 0 Å². The van der Waals surface area contributed by atoms with Gasteiger partial charge in [-0.05, 0) is 56.6 Å². The molecule has 3 nitrogen and oxygen atoms in total. The maximum atomic E-state index is 5.21. The Bertz CT molecular complexity index is 2810. The Kier molecular flexibility index (Phi) is 7.02. The van der Waals surface area contributed by atoms with Crippen LogP contribution in [0.1, 0.15) is 25.0 Å². The highest BCUT2D eigenvalue weighted by molar-refractivity contribution is 7.26. The maximum Gasteiger partial charge on any atom is 0.164 e. The molecule has 0 saturated carbocycles. The topological polar surface area (TPSA) is 38.7 Å². The highest BCUT2D eigenvalue weighted by Crippen LogP contribution is 2.51. The van der Waals surface area contributed by atoms with Crippen molar-refractivity contribution in [3.05, 3.63) is 175 Å². The first kappa shape index (κ1) is 30.6. The molecule has 0 N–H and O–H groups in total. The lowest BCUT2D eigenvalue weighted by molar-refractivity contribution is 0.660. The van der Waals surface area contributed by atoms with Crippen LogP contribution < -0.4 is 0 Å². The molecule has 0 unspecified atom stereocenters. The molecule has 0 bridgehead atoms. The number of rotatable bonds is 5. The Morgan fingerprint density at radius 2 is 0.981 bits per heavy atom. The molecule has 0 amide bonds. The van der Waals surface area contributed by atoms with Crippen molar-refractivity contribution < 1.29 is 0 Å². The third-order valence-electron chi connectivity index (χ3n) is 10.6. The number of nitrogens with zero attached hydrogens (tertiary/aromatic N) is 3. The molecule has 0 atom stereocenters. The van der Waals surface area contributed by atoms with Gasteiger partial charge in [0.1, 0.15) is 0 Å². The largest absolute Gasteiger partial charge is 0.208 e. The third kappa shape index (κ3) is 4.90. The first-order valence-corrected chi connectivity index (χ1v) is 18.5. The molecule has 10 rings (SSSR count). The van der Waals surface area contributed by atoms with Crippen molar-refractivity contribution in [2.24, 2.45) is 0 Å². The fraction of sp³-hybridized carbons (Fsp3) is 0.0625. The average molecular weight is 684 g/mol. The van der Waals surface area contributed by atoms with E-state index in [1.54, 1.807) is 0 Å². The zero-order valence-electron chi connectivity index (χ0n) is 28.8. The summed E-state index contributed by atoms with van der Waals surface area (Å²) in [5, 5.41) is 2.63. The van der Waals surface area contributed by atoms with E-state index in [2.05, 4.69) is 159 Å². The smallest absolute Gasteiger partial charge is 0.164 e. The first-order valence-electron chi connectivity index (χ1n) is 17.7. The number of aromatic nitrogens is 3. The minimum Gasteiger partial charge on any atom is -0.208 e. The lowest BCUT2D eigenvalue weighted by atomic mass is 9.82. The molecule has 246 valence electrons. The second-order valence-corrected chi connectivity index (χ2v) is 15.1. The van der Waals surface area contributed by atoms with Crippen LogP contribution in [0.25, 0.3) is 87.7 Å². The standard InChI is InChI=1S/C48H33N3S/c1-48(2)40-22-8-6-18-38(40)43-39(21-12-23-41(43)48)47-50-45(32-13-4-3-5-14-32)49-46(51-47)34-16-10-15-33(29-34)30-25-27-31(28-26-30)35-19-11-20-37-36-17-7-9-24-42(36)52-44(35)37/h3-29H,1-2H3. The van der Waals surface area contributed by atoms with Crippen molar-refractivity contribution in [2.45, 2.75) is 19.3 Å². The van der Waals surface area contributed by atoms with Crippen LogP contribution >= 0.6 is 11.3 Å². The van der Waals surface area contributed by atoms with E-state index in [1.165, 1.54) is 53.6 Å². The third-order valence-corrected chi connectivity index (χ3v) is 11.8. The van der Waals surface area contributed by atoms with E-state index in [0.717, 1.165) is 27.8 Å². The lowest BCUT2D eigenvalue weighted by Crippen LogP contribution is -2.14. The molecule has 1 aliphatic rings. The quantitative estimate of drug-likeness (QED) is 0.181. The monoisotopic (exact) mass is 683 g/mol. The van der Waals surface area contributed by atoms with Crippen LogP contribution in [-0.2, 0) is 5.41 Å². The predicted octanol–water partition coefficient (Wildman–Crippen LogP) is 12.9. The molecule has 1 aliphatic carbocycles. The van der Waals surface area contributed by atoms with Crippen molar-refractivity contribution in [3.63, 3.8) is 0 Å². The van der Waals surface area contributed by atoms with Gasteiger partial charge in [0, 0.05) is 42.3 Å². The predicted molar refractivity (Wildman–Crippen MR) is 217 cm³/mol. The van der Waals surface area contributed by atoms with Gasteiger partial charge >= 0.3 is 0 Å². The first-order chi connectivity index (χ1) is 25.5. The number of benzene rings is 7. The minimum atomic E-state index is -0.117. The molecule has 0 fully saturated rings. The summed E-state index contributed by atoms with van der Waals surface area (Å²) in [6, 6.07) is 58.3. The molecule has 2 aromatic heterocycles. The van der Waals surface area contributed by atoms with Gasteiger partial charge in [0.25, 0.3) is 0 Å². The fourth-order valence-electron chi connectivity index (χ4n) is 7.94. The molecular weight excluding hydrogens is 651 g/mol. The van der Waals surface area contributed by atoms with Crippen molar-refractivity contribution in [1.29, 1.82) is 0 Å². The van der Waals surface area contributed by atoms with E-state index in [-0.39, 0.29) is 5.41 Å². The van der Waals surface area contributed by atoms with Crippen LogP contribution in [0.4, 0.5) is 0 Å². The SMILES string of the molecule is CC1(C)c2ccccc2-c2c(-c3nc(-c4ccccc4)nc(-c4cccc(-c5ccc(-c6cccc7c6sc6ccccc67)cc5)c4)n3)cccc21. The van der Waals surface area contributed by atoms with E-state index in [4.69, 9.17) is 15.0 Å². The van der Waals surface area contributed by atoms with E-state index in [9.17, 15) is 0 Å². The molecule has 7 aromatic carbocycles. The van der Waals surface area contributed by atoms with Crippen molar-refractivity contribution in [3.8, 4) is 67.5 Å². The molecule has 0 spiro atoms. The molecule has 52 heavy (non-hydrogen) atoms. The molecule has 0 aliphatic heterocycles. The molecule has 4 heteroatoms. The summed E-state index contributed by atoms with van der Waals surface area (Å²) in [5.74, 6) is 1.99. The minimum absolute atomic E-state index is 0.117. The Morgan fingerprint density at radius 3 is 1.85 bits per heavy atom. The lowest BCUT2D eigenvalue weighted by Gasteiger charge is -2.21. The number of hydrogen-bond donors (Lipinski definition) is 0. The zero-order valence-corrected chi connectivity index (χ0v) is 29.7. The number of fused-ring (bicyclic) bond motifs is 6. The molecule has 0 radical (unpaired) electrons. The summed E-state index contributed by atoms with van der Waals surface area (Å²) in [7, 11) is 0. The highest BCUT2D eigenvalue weighted by atomic mass is 32.1. The van der Waals surface area contributed by atoms with Gasteiger partial charge in [-0.1, -0.05) is 166 Å². The van der Waals surface area contributed by atoms with Gasteiger partial charge in [-0.3, -0.25) is 0 Å². The maximum absolute atomic E-state index is 5.21. The normalized spacial score (nSPS) is 13.0. The molecular formula is C48H33N3S. The van der Waals surface area contributed by atoms with Crippen LogP contribution in [0.3, 0.4) is 0 Å². The van der Waals surface area contributed by atoms with Crippen molar-refractivity contribution in [2.75, 3.05) is 0 Å². The average Bonchev–Trinajstić information content (AvgIpc) is 3.70. The van der Waals surface area contributed by atoms with Crippen molar-refractivity contribution in [1.82, 2.24) is 15.0 Å². The van der Waals surface area contributed by atoms with Crippen LogP contribution in [-0.4, -0.2) is 15.0 Å². The second kappa shape index (κ2) is 11.9. The summed E-state index contributed by atoms with van der Waals surface area (Å²) < 4.78 is 2.65. The van der Waals surface area contributed by atoms with Gasteiger partial charge in [0.15, 0.2) is 17.5 Å². The van der Waals surface area contributed by atoms with E-state index in [1.807, 2.05) is 29.5 Å². The van der Waals surface area contributed by atoms with Gasteiger partial charge in [0.05, 0.1) is 0 Å². The molecule has 9 aromatic rings. The van der Waals surface area contributed by atoms with Crippen LogP contribution in [0.5, 0.6) is 0 Å². The number of thiophene rings is 1. The van der Waals surface area contributed by atoms with E-state index in [0.29, 0.717) is 17.5 Å². The van der Waals surface area contributed by atoms with Gasteiger partial charge in [0.2, 0.25) is 0 Å². The van der Waals surface area contributed by atoms with E-state index < -0.39 is 0 Å². The number of hydrogen-bond acceptors (Lipinski definition) is 4. The van der Waals surface area contributed by atoms with Gasteiger partial charge < -0.3 is 0 Å². The summed E-state index contributed by atoms with van der Waals surface area (Å²) >= 11 is 1.87. The summed E-state index contributed by atoms with van der Waals surface area (Å²) in [5.41, 5.74) is 12.6. The Morgan fingerprint density at radius 1 is 0.404 bits per heavy atom.